The van der Waals surface area contributed by atoms with E-state index in [1.807, 2.05) is 25.1 Å². The van der Waals surface area contributed by atoms with Crippen molar-refractivity contribution in [3.8, 4) is 0 Å². The number of nitrogens with zero attached hydrogens (tertiary/aromatic N) is 1. The van der Waals surface area contributed by atoms with Gasteiger partial charge < -0.3 is 5.73 Å². The Hall–Kier alpha value is -0.910. The van der Waals surface area contributed by atoms with Gasteiger partial charge in [0.25, 0.3) is 0 Å². The van der Waals surface area contributed by atoms with Crippen molar-refractivity contribution in [1.82, 2.24) is 4.31 Å². The van der Waals surface area contributed by atoms with Gasteiger partial charge in [-0.3, -0.25) is 0 Å². The molecule has 1 fully saturated rings. The van der Waals surface area contributed by atoms with E-state index in [0.717, 1.165) is 17.5 Å². The van der Waals surface area contributed by atoms with Gasteiger partial charge in [-0.2, -0.15) is 4.31 Å². The van der Waals surface area contributed by atoms with Crippen molar-refractivity contribution in [1.29, 1.82) is 0 Å². The molecule has 2 N–H and O–H groups in total. The van der Waals surface area contributed by atoms with Gasteiger partial charge in [-0.25, -0.2) is 8.42 Å². The Balaban J connectivity index is 2.46. The zero-order valence-corrected chi connectivity index (χ0v) is 13.5. The summed E-state index contributed by atoms with van der Waals surface area (Å²) in [7, 11) is -3.43. The number of sulfonamides is 1. The largest absolute Gasteiger partial charge is 0.326 e. The molecule has 1 aromatic rings. The van der Waals surface area contributed by atoms with Crippen LogP contribution in [0.4, 0.5) is 0 Å². The van der Waals surface area contributed by atoms with Gasteiger partial charge in [0.05, 0.1) is 4.90 Å². The van der Waals surface area contributed by atoms with Crippen molar-refractivity contribution >= 4 is 10.0 Å². The molecule has 0 radical (unpaired) electrons. The molecule has 1 atom stereocenters. The van der Waals surface area contributed by atoms with Crippen LogP contribution in [0.2, 0.25) is 0 Å². The normalized spacial score (nSPS) is 21.4. The molecule has 1 aliphatic heterocycles. The van der Waals surface area contributed by atoms with Crippen LogP contribution in [0.3, 0.4) is 0 Å². The Kier molecular flexibility index (Phi) is 3.97. The predicted octanol–water partition coefficient (Wildman–Crippen LogP) is 2.01. The lowest BCUT2D eigenvalue weighted by molar-refractivity contribution is 0.471. The average molecular weight is 296 g/mol. The van der Waals surface area contributed by atoms with Gasteiger partial charge in [0.15, 0.2) is 0 Å². The van der Waals surface area contributed by atoms with Gasteiger partial charge >= 0.3 is 0 Å². The average Bonchev–Trinajstić information content (AvgIpc) is 2.75. The van der Waals surface area contributed by atoms with E-state index in [-0.39, 0.29) is 11.5 Å². The van der Waals surface area contributed by atoms with Gasteiger partial charge in [0, 0.05) is 19.1 Å². The van der Waals surface area contributed by atoms with Crippen LogP contribution in [-0.4, -0.2) is 31.9 Å². The standard InChI is InChI=1S/C15H24N2O2S/c1-11-5-6-12(15(2,3)4)9-14(11)20(18,19)17-8-7-13(16)10-17/h5-6,9,13H,7-8,10,16H2,1-4H3. The molecule has 0 spiro atoms. The fourth-order valence-corrected chi connectivity index (χ4v) is 4.22. The van der Waals surface area contributed by atoms with E-state index in [1.165, 1.54) is 4.31 Å². The summed E-state index contributed by atoms with van der Waals surface area (Å²) in [5, 5.41) is 0. The minimum Gasteiger partial charge on any atom is -0.326 e. The van der Waals surface area contributed by atoms with Gasteiger partial charge in [-0.1, -0.05) is 32.9 Å². The summed E-state index contributed by atoms with van der Waals surface area (Å²) in [5.41, 5.74) is 7.58. The zero-order valence-electron chi connectivity index (χ0n) is 12.7. The quantitative estimate of drug-likeness (QED) is 0.908. The molecule has 1 saturated heterocycles. The molecule has 0 bridgehead atoms. The molecule has 0 saturated carbocycles. The second-order valence-electron chi connectivity index (χ2n) is 6.64. The Labute approximate surface area is 122 Å². The fraction of sp³-hybridized carbons (Fsp3) is 0.600. The predicted molar refractivity (Wildman–Crippen MR) is 81.2 cm³/mol. The molecule has 0 amide bonds. The summed E-state index contributed by atoms with van der Waals surface area (Å²) in [4.78, 5) is 0.416. The van der Waals surface area contributed by atoms with Crippen molar-refractivity contribution in [3.63, 3.8) is 0 Å². The topological polar surface area (TPSA) is 63.4 Å². The molecule has 1 aromatic carbocycles. The monoisotopic (exact) mass is 296 g/mol. The van der Waals surface area contributed by atoms with Crippen LogP contribution in [0.25, 0.3) is 0 Å². The lowest BCUT2D eigenvalue weighted by atomic mass is 9.87. The summed E-state index contributed by atoms with van der Waals surface area (Å²) < 4.78 is 27.0. The number of hydrogen-bond donors (Lipinski definition) is 1. The number of benzene rings is 1. The van der Waals surface area contributed by atoms with Gasteiger partial charge in [0.2, 0.25) is 10.0 Å². The number of hydrogen-bond acceptors (Lipinski definition) is 3. The van der Waals surface area contributed by atoms with E-state index in [2.05, 4.69) is 20.8 Å². The third kappa shape index (κ3) is 2.90. The van der Waals surface area contributed by atoms with E-state index < -0.39 is 10.0 Å². The van der Waals surface area contributed by atoms with E-state index >= 15 is 0 Å². The van der Waals surface area contributed by atoms with Crippen molar-refractivity contribution in [2.75, 3.05) is 13.1 Å². The van der Waals surface area contributed by atoms with Crippen LogP contribution < -0.4 is 5.73 Å². The minimum atomic E-state index is -3.43. The first kappa shape index (κ1) is 15.5. The molecule has 20 heavy (non-hydrogen) atoms. The number of aryl methyl sites for hydroxylation is 1. The Bertz CT molecular complexity index is 603. The van der Waals surface area contributed by atoms with E-state index in [9.17, 15) is 8.42 Å². The summed E-state index contributed by atoms with van der Waals surface area (Å²) in [5.74, 6) is 0. The first-order valence-corrected chi connectivity index (χ1v) is 8.43. The molecule has 1 aliphatic rings. The van der Waals surface area contributed by atoms with Crippen LogP contribution >= 0.6 is 0 Å². The third-order valence-corrected chi connectivity index (χ3v) is 5.87. The van der Waals surface area contributed by atoms with Gasteiger partial charge in [-0.15, -0.1) is 0 Å². The van der Waals surface area contributed by atoms with Crippen molar-refractivity contribution < 1.29 is 8.42 Å². The highest BCUT2D eigenvalue weighted by atomic mass is 32.2. The summed E-state index contributed by atoms with van der Waals surface area (Å²) in [6.45, 7) is 9.03. The second-order valence-corrected chi connectivity index (χ2v) is 8.55. The van der Waals surface area contributed by atoms with Crippen LogP contribution in [0.1, 0.15) is 38.3 Å². The summed E-state index contributed by atoms with van der Waals surface area (Å²) >= 11 is 0. The van der Waals surface area contributed by atoms with Crippen LogP contribution in [0.15, 0.2) is 23.1 Å². The first-order chi connectivity index (χ1) is 9.12. The molecule has 1 unspecified atom stereocenters. The molecule has 1 heterocycles. The minimum absolute atomic E-state index is 0.0455. The van der Waals surface area contributed by atoms with Gasteiger partial charge in [-0.05, 0) is 36.0 Å². The lowest BCUT2D eigenvalue weighted by Gasteiger charge is -2.23. The maximum atomic E-state index is 12.8. The van der Waals surface area contributed by atoms with Crippen LogP contribution in [0.5, 0.6) is 0 Å². The van der Waals surface area contributed by atoms with Crippen LogP contribution in [-0.2, 0) is 15.4 Å². The highest BCUT2D eigenvalue weighted by molar-refractivity contribution is 7.89. The lowest BCUT2D eigenvalue weighted by Crippen LogP contribution is -2.32. The molecule has 112 valence electrons. The van der Waals surface area contributed by atoms with E-state index in [4.69, 9.17) is 5.73 Å². The Morgan fingerprint density at radius 3 is 2.45 bits per heavy atom. The Morgan fingerprint density at radius 2 is 1.95 bits per heavy atom. The highest BCUT2D eigenvalue weighted by Gasteiger charge is 2.32. The van der Waals surface area contributed by atoms with Crippen LogP contribution in [0, 0.1) is 6.92 Å². The van der Waals surface area contributed by atoms with E-state index in [0.29, 0.717) is 18.0 Å². The van der Waals surface area contributed by atoms with E-state index in [1.54, 1.807) is 0 Å². The van der Waals surface area contributed by atoms with Crippen molar-refractivity contribution in [3.05, 3.63) is 29.3 Å². The first-order valence-electron chi connectivity index (χ1n) is 6.99. The Morgan fingerprint density at radius 1 is 1.30 bits per heavy atom. The fourth-order valence-electron chi connectivity index (χ4n) is 2.46. The molecule has 5 heteroatoms. The molecule has 4 nitrogen and oxygen atoms in total. The number of nitrogens with two attached hydrogens (primary N) is 1. The SMILES string of the molecule is Cc1ccc(C(C)(C)C)cc1S(=O)(=O)N1CCC(N)C1. The molecule has 0 aromatic heterocycles. The molecular weight excluding hydrogens is 272 g/mol. The summed E-state index contributed by atoms with van der Waals surface area (Å²) in [6, 6.07) is 5.66. The smallest absolute Gasteiger partial charge is 0.243 e. The maximum Gasteiger partial charge on any atom is 0.243 e. The highest BCUT2D eigenvalue weighted by Crippen LogP contribution is 2.29. The van der Waals surface area contributed by atoms with Gasteiger partial charge in [0.1, 0.15) is 0 Å². The molecule has 2 rings (SSSR count). The zero-order chi connectivity index (χ0) is 15.1. The molecule has 0 aliphatic carbocycles. The maximum absolute atomic E-state index is 12.8. The second kappa shape index (κ2) is 5.13. The molecular formula is C15H24N2O2S. The van der Waals surface area contributed by atoms with Crippen molar-refractivity contribution in [2.45, 2.75) is 50.5 Å². The summed E-state index contributed by atoms with van der Waals surface area (Å²) in [6.07, 6.45) is 0.733. The van der Waals surface area contributed by atoms with Crippen molar-refractivity contribution in [2.24, 2.45) is 5.73 Å². The number of rotatable bonds is 2. The third-order valence-electron chi connectivity index (χ3n) is 3.86.